The first-order chi connectivity index (χ1) is 9.36. The van der Waals surface area contributed by atoms with E-state index >= 15 is 0 Å². The maximum absolute atomic E-state index is 6.06. The topological polar surface area (TPSA) is 51.8 Å². The van der Waals surface area contributed by atoms with Crippen molar-refractivity contribution in [1.82, 2.24) is 9.97 Å². The summed E-state index contributed by atoms with van der Waals surface area (Å²) in [6.07, 6.45) is 2.87. The standard InChI is InChI=1S/C17H23N3/c1-12(2)11-13-5-7-14(8-6-13)15-9-10-19-16(20-15)17(3,4)18/h5-10,12H,11,18H2,1-4H3. The van der Waals surface area contributed by atoms with E-state index in [-0.39, 0.29) is 0 Å². The molecule has 0 aliphatic heterocycles. The lowest BCUT2D eigenvalue weighted by atomic mass is 10.0. The van der Waals surface area contributed by atoms with Gasteiger partial charge in [-0.15, -0.1) is 0 Å². The summed E-state index contributed by atoms with van der Waals surface area (Å²) in [5, 5.41) is 0. The minimum atomic E-state index is -0.520. The molecule has 3 nitrogen and oxygen atoms in total. The SMILES string of the molecule is CC(C)Cc1ccc(-c2ccnc(C(C)(C)N)n2)cc1. The number of hydrogen-bond acceptors (Lipinski definition) is 3. The molecular formula is C17H23N3. The molecule has 2 N–H and O–H groups in total. The summed E-state index contributed by atoms with van der Waals surface area (Å²) in [7, 11) is 0. The van der Waals surface area contributed by atoms with E-state index in [0.717, 1.165) is 17.7 Å². The Morgan fingerprint density at radius 1 is 1.10 bits per heavy atom. The molecule has 3 heteroatoms. The van der Waals surface area contributed by atoms with Crippen LogP contribution in [-0.4, -0.2) is 9.97 Å². The normalized spacial score (nSPS) is 11.9. The van der Waals surface area contributed by atoms with Gasteiger partial charge in [-0.25, -0.2) is 9.97 Å². The number of hydrogen-bond donors (Lipinski definition) is 1. The molecule has 0 amide bonds. The quantitative estimate of drug-likeness (QED) is 0.923. The minimum absolute atomic E-state index is 0.520. The average molecular weight is 269 g/mol. The summed E-state index contributed by atoms with van der Waals surface area (Å²) in [6.45, 7) is 8.29. The second kappa shape index (κ2) is 5.71. The van der Waals surface area contributed by atoms with Crippen LogP contribution in [0.3, 0.4) is 0 Å². The summed E-state index contributed by atoms with van der Waals surface area (Å²) in [5.74, 6) is 1.34. The van der Waals surface area contributed by atoms with Crippen LogP contribution < -0.4 is 5.73 Å². The van der Waals surface area contributed by atoms with Crippen LogP contribution in [0, 0.1) is 5.92 Å². The second-order valence-electron chi connectivity index (χ2n) is 6.28. The van der Waals surface area contributed by atoms with Crippen LogP contribution in [0.15, 0.2) is 36.5 Å². The smallest absolute Gasteiger partial charge is 0.148 e. The Morgan fingerprint density at radius 2 is 1.75 bits per heavy atom. The van der Waals surface area contributed by atoms with Gasteiger partial charge in [-0.2, -0.15) is 0 Å². The van der Waals surface area contributed by atoms with E-state index < -0.39 is 5.54 Å². The first-order valence-electron chi connectivity index (χ1n) is 7.08. The molecule has 0 radical (unpaired) electrons. The van der Waals surface area contributed by atoms with Crippen molar-refractivity contribution in [2.45, 2.75) is 39.7 Å². The molecule has 0 saturated heterocycles. The summed E-state index contributed by atoms with van der Waals surface area (Å²) < 4.78 is 0. The zero-order valence-electron chi connectivity index (χ0n) is 12.7. The predicted molar refractivity (Wildman–Crippen MR) is 83.2 cm³/mol. The maximum Gasteiger partial charge on any atom is 0.148 e. The fourth-order valence-electron chi connectivity index (χ4n) is 2.11. The third-order valence-corrected chi connectivity index (χ3v) is 3.13. The van der Waals surface area contributed by atoms with Crippen molar-refractivity contribution < 1.29 is 0 Å². The Bertz CT molecular complexity index is 566. The van der Waals surface area contributed by atoms with E-state index in [1.165, 1.54) is 5.56 Å². The summed E-state index contributed by atoms with van der Waals surface area (Å²) >= 11 is 0. The lowest BCUT2D eigenvalue weighted by molar-refractivity contribution is 0.514. The van der Waals surface area contributed by atoms with E-state index in [9.17, 15) is 0 Å². The van der Waals surface area contributed by atoms with E-state index in [2.05, 4.69) is 48.1 Å². The van der Waals surface area contributed by atoms with Crippen LogP contribution >= 0.6 is 0 Å². The fraction of sp³-hybridized carbons (Fsp3) is 0.412. The van der Waals surface area contributed by atoms with Crippen LogP contribution in [0.25, 0.3) is 11.3 Å². The van der Waals surface area contributed by atoms with Crippen molar-refractivity contribution >= 4 is 0 Å². The number of nitrogens with zero attached hydrogens (tertiary/aromatic N) is 2. The summed E-state index contributed by atoms with van der Waals surface area (Å²) in [5.41, 5.74) is 8.92. The van der Waals surface area contributed by atoms with Crippen molar-refractivity contribution in [3.8, 4) is 11.3 Å². The summed E-state index contributed by atoms with van der Waals surface area (Å²) in [6, 6.07) is 10.5. The molecule has 0 atom stereocenters. The molecule has 0 aliphatic carbocycles. The van der Waals surface area contributed by atoms with Crippen molar-refractivity contribution in [1.29, 1.82) is 0 Å². The van der Waals surface area contributed by atoms with Gasteiger partial charge in [-0.3, -0.25) is 0 Å². The van der Waals surface area contributed by atoms with Crippen molar-refractivity contribution in [2.24, 2.45) is 11.7 Å². The molecule has 0 fully saturated rings. The highest BCUT2D eigenvalue weighted by atomic mass is 14.9. The zero-order valence-corrected chi connectivity index (χ0v) is 12.7. The summed E-state index contributed by atoms with van der Waals surface area (Å²) in [4.78, 5) is 8.83. The predicted octanol–water partition coefficient (Wildman–Crippen LogP) is 3.54. The number of nitrogens with two attached hydrogens (primary N) is 1. The van der Waals surface area contributed by atoms with Gasteiger partial charge < -0.3 is 5.73 Å². The Kier molecular flexibility index (Phi) is 4.19. The average Bonchev–Trinajstić information content (AvgIpc) is 2.38. The van der Waals surface area contributed by atoms with Crippen molar-refractivity contribution in [2.75, 3.05) is 0 Å². The van der Waals surface area contributed by atoms with Gasteiger partial charge in [0.25, 0.3) is 0 Å². The van der Waals surface area contributed by atoms with Gasteiger partial charge >= 0.3 is 0 Å². The maximum atomic E-state index is 6.06. The van der Waals surface area contributed by atoms with Gasteiger partial charge in [0.2, 0.25) is 0 Å². The third kappa shape index (κ3) is 3.64. The van der Waals surface area contributed by atoms with Gasteiger partial charge in [-0.05, 0) is 37.8 Å². The van der Waals surface area contributed by atoms with E-state index in [0.29, 0.717) is 11.7 Å². The minimum Gasteiger partial charge on any atom is -0.319 e. The van der Waals surface area contributed by atoms with Gasteiger partial charge in [0.15, 0.2) is 0 Å². The lowest BCUT2D eigenvalue weighted by Gasteiger charge is -2.17. The van der Waals surface area contributed by atoms with Crippen LogP contribution in [0.2, 0.25) is 0 Å². The molecule has 20 heavy (non-hydrogen) atoms. The van der Waals surface area contributed by atoms with E-state index in [1.54, 1.807) is 6.20 Å². The Hall–Kier alpha value is -1.74. The van der Waals surface area contributed by atoms with Gasteiger partial charge in [0.05, 0.1) is 11.2 Å². The van der Waals surface area contributed by atoms with Gasteiger partial charge in [0.1, 0.15) is 5.82 Å². The molecule has 1 heterocycles. The highest BCUT2D eigenvalue weighted by Crippen LogP contribution is 2.21. The van der Waals surface area contributed by atoms with Crippen LogP contribution in [0.5, 0.6) is 0 Å². The largest absolute Gasteiger partial charge is 0.319 e. The molecule has 0 unspecified atom stereocenters. The van der Waals surface area contributed by atoms with E-state index in [1.807, 2.05) is 19.9 Å². The van der Waals surface area contributed by atoms with Crippen molar-refractivity contribution in [3.63, 3.8) is 0 Å². The molecule has 0 saturated carbocycles. The Labute approximate surface area is 121 Å². The Morgan fingerprint density at radius 3 is 2.30 bits per heavy atom. The highest BCUT2D eigenvalue weighted by Gasteiger charge is 2.18. The van der Waals surface area contributed by atoms with Crippen LogP contribution in [0.4, 0.5) is 0 Å². The second-order valence-corrected chi connectivity index (χ2v) is 6.28. The molecule has 0 bridgehead atoms. The molecule has 1 aromatic carbocycles. The Balaban J connectivity index is 2.28. The molecule has 106 valence electrons. The third-order valence-electron chi connectivity index (χ3n) is 3.13. The van der Waals surface area contributed by atoms with Crippen LogP contribution in [-0.2, 0) is 12.0 Å². The fourth-order valence-corrected chi connectivity index (χ4v) is 2.11. The monoisotopic (exact) mass is 269 g/mol. The first-order valence-corrected chi connectivity index (χ1v) is 7.08. The number of benzene rings is 1. The zero-order chi connectivity index (χ0) is 14.8. The molecule has 0 spiro atoms. The van der Waals surface area contributed by atoms with Gasteiger partial charge in [0, 0.05) is 11.8 Å². The number of rotatable bonds is 4. The molecule has 2 rings (SSSR count). The molecular weight excluding hydrogens is 246 g/mol. The molecule has 2 aromatic rings. The molecule has 1 aromatic heterocycles. The van der Waals surface area contributed by atoms with Crippen LogP contribution in [0.1, 0.15) is 39.1 Å². The lowest BCUT2D eigenvalue weighted by Crippen LogP contribution is -2.31. The number of aromatic nitrogens is 2. The van der Waals surface area contributed by atoms with Crippen molar-refractivity contribution in [3.05, 3.63) is 47.9 Å². The first kappa shape index (κ1) is 14.7. The van der Waals surface area contributed by atoms with E-state index in [4.69, 9.17) is 5.73 Å². The van der Waals surface area contributed by atoms with Gasteiger partial charge in [-0.1, -0.05) is 38.1 Å². The highest BCUT2D eigenvalue weighted by molar-refractivity contribution is 5.59. The molecule has 0 aliphatic rings.